The number of fused-ring (bicyclic) bond motifs is 29. The van der Waals surface area contributed by atoms with E-state index in [1.807, 2.05) is 0 Å². The standard InChI is InChI=1S/C37H52N8O17S/c1-17-31(54)42-23(8-10-28(50)51)34(57)45-30(18(2)46)36(59)39-15-26(47)41-22(7-9-27(48)49)33(56)44-25(37(60)61)16-63-12-11-62-20-5-3-19(4-6-20)13-21(38)32(55)43-24(14-29(52)53)35(58)40-17/h3-6,17-18,21-25,30,46H,7-16,38H2,1-2H3,(H,39,59)(H,40,58)(H,41,47)(H,42,54)(H,43,55)(H,44,56)(H,45,57)(H,48,49)(H,50,51)(H,52,53)(H,60,61)/t17-,18+,21-,22-,23-,24-,25+,30-/m0/s1. The molecule has 0 aromatic heterocycles. The monoisotopic (exact) mass is 912 g/mol. The van der Waals surface area contributed by atoms with Gasteiger partial charge in [-0.2, -0.15) is 11.8 Å². The molecule has 2 bridgehead atoms. The minimum atomic E-state index is -1.85. The third-order valence-corrected chi connectivity index (χ3v) is 9.96. The normalized spacial score (nSPS) is 25.0. The Balaban J connectivity index is 2.43. The van der Waals surface area contributed by atoms with E-state index in [-0.39, 0.29) is 24.5 Å². The summed E-state index contributed by atoms with van der Waals surface area (Å²) in [4.78, 5) is 138. The van der Waals surface area contributed by atoms with Crippen molar-refractivity contribution >= 4 is 77.0 Å². The van der Waals surface area contributed by atoms with Crippen LogP contribution in [0, 0.1) is 0 Å². The lowest BCUT2D eigenvalue weighted by Gasteiger charge is -2.26. The number of hydrogen-bond acceptors (Lipinski definition) is 15. The Kier molecular flexibility index (Phi) is 21.8. The lowest BCUT2D eigenvalue weighted by atomic mass is 10.0. The molecule has 63 heavy (non-hydrogen) atoms. The summed E-state index contributed by atoms with van der Waals surface area (Å²) in [5, 5.41) is 63.4. The van der Waals surface area contributed by atoms with Crippen LogP contribution in [-0.2, 0) is 59.2 Å². The van der Waals surface area contributed by atoms with Crippen molar-refractivity contribution in [3.8, 4) is 5.75 Å². The maximum absolute atomic E-state index is 13.4. The number of aliphatic hydroxyl groups excluding tert-OH is 1. The van der Waals surface area contributed by atoms with Crippen molar-refractivity contribution in [2.75, 3.05) is 24.7 Å². The number of nitrogens with two attached hydrogens (primary N) is 1. The minimum Gasteiger partial charge on any atom is -0.493 e. The van der Waals surface area contributed by atoms with Gasteiger partial charge in [0.25, 0.3) is 0 Å². The first-order valence-corrected chi connectivity index (χ1v) is 20.4. The molecule has 14 N–H and O–H groups in total. The summed E-state index contributed by atoms with van der Waals surface area (Å²) in [6.45, 7) is 1.35. The van der Waals surface area contributed by atoms with Gasteiger partial charge in [-0.1, -0.05) is 12.1 Å². The Bertz CT molecular complexity index is 1850. The van der Waals surface area contributed by atoms with Crippen LogP contribution in [0.2, 0.25) is 0 Å². The van der Waals surface area contributed by atoms with Crippen LogP contribution in [0.15, 0.2) is 24.3 Å². The van der Waals surface area contributed by atoms with E-state index in [2.05, 4.69) is 37.2 Å². The van der Waals surface area contributed by atoms with Crippen molar-refractivity contribution in [1.82, 2.24) is 37.2 Å². The number of aliphatic hydroxyl groups is 1. The van der Waals surface area contributed by atoms with E-state index in [4.69, 9.17) is 10.5 Å². The van der Waals surface area contributed by atoms with Crippen LogP contribution in [0.4, 0.5) is 0 Å². The number of hydrogen-bond donors (Lipinski definition) is 13. The molecule has 0 saturated carbocycles. The number of carboxylic acids is 4. The number of carbonyl (C=O) groups excluding carboxylic acids is 7. The van der Waals surface area contributed by atoms with Gasteiger partial charge >= 0.3 is 23.9 Å². The van der Waals surface area contributed by atoms with Crippen LogP contribution in [-0.4, -0.2) is 164 Å². The van der Waals surface area contributed by atoms with Gasteiger partial charge in [-0.3, -0.25) is 47.9 Å². The minimum absolute atomic E-state index is 0.0768. The number of benzene rings is 1. The fraction of sp³-hybridized carbons (Fsp3) is 0.541. The van der Waals surface area contributed by atoms with E-state index in [0.29, 0.717) is 11.3 Å². The molecule has 25 nitrogen and oxygen atoms in total. The highest BCUT2D eigenvalue weighted by Crippen LogP contribution is 2.15. The molecule has 26 heteroatoms. The second-order valence-electron chi connectivity index (χ2n) is 14.2. The number of carboxylic acid groups (broad SMARTS) is 4. The van der Waals surface area contributed by atoms with Gasteiger partial charge in [0, 0.05) is 24.3 Å². The Morgan fingerprint density at radius 1 is 0.730 bits per heavy atom. The summed E-state index contributed by atoms with van der Waals surface area (Å²) in [5.74, 6) is -13.0. The van der Waals surface area contributed by atoms with Crippen LogP contribution in [0.5, 0.6) is 5.75 Å². The Morgan fingerprint density at radius 2 is 1.29 bits per heavy atom. The van der Waals surface area contributed by atoms with Crippen molar-refractivity contribution in [3.05, 3.63) is 29.8 Å². The summed E-state index contributed by atoms with van der Waals surface area (Å²) < 4.78 is 5.67. The van der Waals surface area contributed by atoms with Crippen LogP contribution in [0.3, 0.4) is 0 Å². The van der Waals surface area contributed by atoms with E-state index in [1.54, 1.807) is 24.3 Å². The number of rotatable bonds is 10. The van der Waals surface area contributed by atoms with Crippen molar-refractivity contribution in [1.29, 1.82) is 0 Å². The number of thioether (sulfide) groups is 1. The van der Waals surface area contributed by atoms with E-state index >= 15 is 0 Å². The highest BCUT2D eigenvalue weighted by Gasteiger charge is 2.34. The quantitative estimate of drug-likeness (QED) is 0.0982. The van der Waals surface area contributed by atoms with Crippen LogP contribution >= 0.6 is 11.8 Å². The highest BCUT2D eigenvalue weighted by atomic mass is 32.2. The second kappa shape index (κ2) is 26.1. The molecule has 0 aliphatic carbocycles. The molecule has 3 rings (SSSR count). The van der Waals surface area contributed by atoms with Crippen molar-refractivity contribution in [2.45, 2.75) is 101 Å². The number of ether oxygens (including phenoxy) is 1. The molecule has 1 aromatic rings. The van der Waals surface area contributed by atoms with Gasteiger partial charge in [0.15, 0.2) is 0 Å². The number of nitrogens with one attached hydrogen (secondary N) is 7. The van der Waals surface area contributed by atoms with Gasteiger partial charge in [-0.05, 0) is 50.8 Å². The Labute approximate surface area is 363 Å². The van der Waals surface area contributed by atoms with E-state index in [9.17, 15) is 78.3 Å². The predicted molar refractivity (Wildman–Crippen MR) is 217 cm³/mol. The molecule has 0 spiro atoms. The molecular formula is C37H52N8O17S. The van der Waals surface area contributed by atoms with Gasteiger partial charge < -0.3 is 73.2 Å². The zero-order valence-corrected chi connectivity index (χ0v) is 34.9. The fourth-order valence-electron chi connectivity index (χ4n) is 5.53. The first kappa shape index (κ1) is 52.6. The van der Waals surface area contributed by atoms with Gasteiger partial charge in [0.1, 0.15) is 42.0 Å². The lowest BCUT2D eigenvalue weighted by Crippen LogP contribution is -2.60. The molecule has 7 amide bonds. The average Bonchev–Trinajstić information content (AvgIpc) is 3.20. The smallest absolute Gasteiger partial charge is 0.327 e. The van der Waals surface area contributed by atoms with Gasteiger partial charge in [0.2, 0.25) is 41.4 Å². The Morgan fingerprint density at radius 3 is 1.84 bits per heavy atom. The molecule has 0 radical (unpaired) electrons. The van der Waals surface area contributed by atoms with Gasteiger partial charge in [-0.15, -0.1) is 0 Å². The van der Waals surface area contributed by atoms with Gasteiger partial charge in [0.05, 0.1) is 31.7 Å². The fourth-order valence-corrected chi connectivity index (χ4v) is 6.36. The van der Waals surface area contributed by atoms with Crippen LogP contribution < -0.4 is 47.7 Å². The van der Waals surface area contributed by atoms with Gasteiger partial charge in [-0.25, -0.2) is 4.79 Å². The maximum Gasteiger partial charge on any atom is 0.327 e. The predicted octanol–water partition coefficient (Wildman–Crippen LogP) is -4.60. The number of amides is 7. The van der Waals surface area contributed by atoms with Crippen molar-refractivity contribution in [3.63, 3.8) is 0 Å². The molecule has 1 aromatic carbocycles. The largest absolute Gasteiger partial charge is 0.493 e. The summed E-state index contributed by atoms with van der Waals surface area (Å²) in [6.07, 6.45) is -5.13. The highest BCUT2D eigenvalue weighted by molar-refractivity contribution is 7.99. The summed E-state index contributed by atoms with van der Waals surface area (Å²) in [6, 6.07) is -4.98. The zero-order chi connectivity index (χ0) is 47.4. The number of carbonyl (C=O) groups is 11. The zero-order valence-electron chi connectivity index (χ0n) is 34.1. The lowest BCUT2D eigenvalue weighted by molar-refractivity contribution is -0.142. The van der Waals surface area contributed by atoms with Crippen molar-refractivity contribution in [2.24, 2.45) is 5.73 Å². The SMILES string of the molecule is C[C@@H]1NC(=O)[C@H](CC(=O)O)NC(=O)[C@@H](N)Cc2ccc(cc2)OCCSC[C@H](C(=O)O)NC(=O)[C@H](CCC(=O)O)NC(=O)CNC(=O)[C@H]([C@@H](C)O)NC(=O)[C@H](CCC(=O)O)NC1=O. The molecule has 0 fully saturated rings. The molecule has 0 unspecified atom stereocenters. The molecular weight excluding hydrogens is 861 g/mol. The Hall–Kier alpha value is -6.54. The van der Waals surface area contributed by atoms with Crippen molar-refractivity contribution < 1.29 is 83.0 Å². The molecule has 8 atom stereocenters. The molecule has 0 saturated heterocycles. The number of aliphatic carboxylic acids is 4. The molecule has 2 aliphatic rings. The first-order chi connectivity index (χ1) is 29.6. The first-order valence-electron chi connectivity index (χ1n) is 19.3. The average molecular weight is 913 g/mol. The summed E-state index contributed by atoms with van der Waals surface area (Å²) in [7, 11) is 0. The van der Waals surface area contributed by atoms with E-state index < -0.39 is 152 Å². The second-order valence-corrected chi connectivity index (χ2v) is 15.3. The summed E-state index contributed by atoms with van der Waals surface area (Å²) in [5.41, 5.74) is 6.60. The summed E-state index contributed by atoms with van der Waals surface area (Å²) >= 11 is 1.08. The van der Waals surface area contributed by atoms with Crippen LogP contribution in [0.25, 0.3) is 0 Å². The topological polar surface area (TPSA) is 408 Å². The third kappa shape index (κ3) is 19.4. The molecule has 348 valence electrons. The third-order valence-electron chi connectivity index (χ3n) is 8.94. The molecule has 2 aliphatic heterocycles. The molecule has 2 heterocycles. The maximum atomic E-state index is 13.4. The van der Waals surface area contributed by atoms with E-state index in [1.165, 1.54) is 0 Å². The van der Waals surface area contributed by atoms with E-state index in [0.717, 1.165) is 25.6 Å². The van der Waals surface area contributed by atoms with Crippen LogP contribution in [0.1, 0.15) is 51.5 Å².